The number of hydrogen-bond acceptors (Lipinski definition) is 2. The van der Waals surface area contributed by atoms with Gasteiger partial charge in [-0.3, -0.25) is 9.59 Å². The number of carbonyl (C=O) groups is 2. The number of rotatable bonds is 4. The van der Waals surface area contributed by atoms with Crippen molar-refractivity contribution in [2.45, 2.75) is 0 Å². The number of para-hydroxylation sites is 1. The first-order valence-corrected chi connectivity index (χ1v) is 9.35. The lowest BCUT2D eigenvalue weighted by atomic mass is 10.1. The maximum absolute atomic E-state index is 12.8. The number of hydrogen-bond donors (Lipinski definition) is 2. The van der Waals surface area contributed by atoms with Crippen molar-refractivity contribution in [3.8, 4) is 0 Å². The molecule has 130 valence electrons. The van der Waals surface area contributed by atoms with Crippen molar-refractivity contribution >= 4 is 55.0 Å². The van der Waals surface area contributed by atoms with Gasteiger partial charge in [0, 0.05) is 20.2 Å². The normalized spacial score (nSPS) is 10.2. The average molecular weight is 474 g/mol. The first kappa shape index (κ1) is 18.4. The number of amides is 2. The largest absolute Gasteiger partial charge is 0.322 e. The molecular formula is C20H14Br2N2O2. The Morgan fingerprint density at radius 1 is 0.731 bits per heavy atom. The number of nitrogens with one attached hydrogen (secondary N) is 2. The molecular weight excluding hydrogens is 460 g/mol. The SMILES string of the molecule is O=C(Nc1c(Br)cc(Br)cc1C(=O)Nc1ccccc1)c1ccccc1. The van der Waals surface area contributed by atoms with Crippen molar-refractivity contribution in [2.24, 2.45) is 0 Å². The molecule has 3 rings (SSSR count). The van der Waals surface area contributed by atoms with Gasteiger partial charge in [0.05, 0.1) is 11.3 Å². The van der Waals surface area contributed by atoms with E-state index in [1.165, 1.54) is 0 Å². The molecule has 0 atom stereocenters. The fourth-order valence-electron chi connectivity index (χ4n) is 2.37. The highest BCUT2D eigenvalue weighted by Gasteiger charge is 2.18. The van der Waals surface area contributed by atoms with Crippen LogP contribution in [0, 0.1) is 0 Å². The number of carbonyl (C=O) groups excluding carboxylic acids is 2. The molecule has 0 aliphatic carbocycles. The van der Waals surface area contributed by atoms with Gasteiger partial charge in [-0.1, -0.05) is 52.3 Å². The fourth-order valence-corrected chi connectivity index (χ4v) is 3.70. The van der Waals surface area contributed by atoms with Crippen molar-refractivity contribution in [1.29, 1.82) is 0 Å². The highest BCUT2D eigenvalue weighted by atomic mass is 79.9. The number of anilines is 2. The molecule has 0 heterocycles. The first-order chi connectivity index (χ1) is 12.5. The Morgan fingerprint density at radius 2 is 1.35 bits per heavy atom. The lowest BCUT2D eigenvalue weighted by Crippen LogP contribution is -2.19. The van der Waals surface area contributed by atoms with Gasteiger partial charge in [-0.25, -0.2) is 0 Å². The first-order valence-electron chi connectivity index (χ1n) is 7.76. The molecule has 0 aliphatic rings. The van der Waals surface area contributed by atoms with E-state index in [1.807, 2.05) is 24.3 Å². The molecule has 0 saturated carbocycles. The van der Waals surface area contributed by atoms with Crippen LogP contribution in [0.4, 0.5) is 11.4 Å². The van der Waals surface area contributed by atoms with Gasteiger partial charge in [0.2, 0.25) is 0 Å². The van der Waals surface area contributed by atoms with Crippen LogP contribution < -0.4 is 10.6 Å². The molecule has 2 amide bonds. The second-order valence-electron chi connectivity index (χ2n) is 5.45. The third-order valence-electron chi connectivity index (χ3n) is 3.61. The van der Waals surface area contributed by atoms with E-state index in [9.17, 15) is 9.59 Å². The summed E-state index contributed by atoms with van der Waals surface area (Å²) in [6.45, 7) is 0. The third-order valence-corrected chi connectivity index (χ3v) is 4.69. The Hall–Kier alpha value is -2.44. The fraction of sp³-hybridized carbons (Fsp3) is 0. The molecule has 0 bridgehead atoms. The molecule has 6 heteroatoms. The van der Waals surface area contributed by atoms with Crippen molar-refractivity contribution in [3.05, 3.63) is 92.9 Å². The van der Waals surface area contributed by atoms with E-state index in [4.69, 9.17) is 0 Å². The van der Waals surface area contributed by atoms with Crippen LogP contribution in [-0.4, -0.2) is 11.8 Å². The zero-order valence-electron chi connectivity index (χ0n) is 13.5. The maximum Gasteiger partial charge on any atom is 0.257 e. The summed E-state index contributed by atoms with van der Waals surface area (Å²) in [7, 11) is 0. The Labute approximate surface area is 167 Å². The van der Waals surface area contributed by atoms with Crippen LogP contribution in [0.2, 0.25) is 0 Å². The topological polar surface area (TPSA) is 58.2 Å². The quantitative estimate of drug-likeness (QED) is 0.509. The molecule has 0 aromatic heterocycles. The number of benzene rings is 3. The van der Waals surface area contributed by atoms with E-state index in [0.29, 0.717) is 27.0 Å². The summed E-state index contributed by atoms with van der Waals surface area (Å²) in [5, 5.41) is 5.66. The van der Waals surface area contributed by atoms with Gasteiger partial charge in [-0.05, 0) is 52.3 Å². The lowest BCUT2D eigenvalue weighted by Gasteiger charge is -2.14. The smallest absolute Gasteiger partial charge is 0.257 e. The molecule has 0 spiro atoms. The Kier molecular flexibility index (Phi) is 5.85. The third kappa shape index (κ3) is 4.39. The highest BCUT2D eigenvalue weighted by Crippen LogP contribution is 2.32. The Morgan fingerprint density at radius 3 is 2.00 bits per heavy atom. The molecule has 3 aromatic rings. The molecule has 3 aromatic carbocycles. The molecule has 2 N–H and O–H groups in total. The zero-order chi connectivity index (χ0) is 18.5. The Balaban J connectivity index is 1.92. The summed E-state index contributed by atoms with van der Waals surface area (Å²) in [4.78, 5) is 25.3. The van der Waals surface area contributed by atoms with E-state index in [2.05, 4.69) is 42.5 Å². The van der Waals surface area contributed by atoms with E-state index in [0.717, 1.165) is 4.47 Å². The molecule has 0 unspecified atom stereocenters. The number of halogens is 2. The van der Waals surface area contributed by atoms with Gasteiger partial charge in [0.15, 0.2) is 0 Å². The molecule has 4 nitrogen and oxygen atoms in total. The van der Waals surface area contributed by atoms with Gasteiger partial charge in [0.1, 0.15) is 0 Å². The van der Waals surface area contributed by atoms with Crippen molar-refractivity contribution in [3.63, 3.8) is 0 Å². The van der Waals surface area contributed by atoms with Gasteiger partial charge >= 0.3 is 0 Å². The molecule has 26 heavy (non-hydrogen) atoms. The minimum Gasteiger partial charge on any atom is -0.322 e. The minimum absolute atomic E-state index is 0.289. The van der Waals surface area contributed by atoms with E-state index in [-0.39, 0.29) is 11.8 Å². The van der Waals surface area contributed by atoms with Gasteiger partial charge in [-0.2, -0.15) is 0 Å². The van der Waals surface area contributed by atoms with Crippen LogP contribution >= 0.6 is 31.9 Å². The monoisotopic (exact) mass is 472 g/mol. The van der Waals surface area contributed by atoms with E-state index in [1.54, 1.807) is 48.5 Å². The summed E-state index contributed by atoms with van der Waals surface area (Å²) in [5.41, 5.74) is 1.94. The summed E-state index contributed by atoms with van der Waals surface area (Å²) in [5.74, 6) is -0.607. The van der Waals surface area contributed by atoms with Crippen LogP contribution in [0.25, 0.3) is 0 Å². The van der Waals surface area contributed by atoms with E-state index < -0.39 is 0 Å². The van der Waals surface area contributed by atoms with Gasteiger partial charge < -0.3 is 10.6 Å². The maximum atomic E-state index is 12.8. The summed E-state index contributed by atoms with van der Waals surface area (Å²) in [6, 6.07) is 21.4. The molecule has 0 saturated heterocycles. The predicted octanol–water partition coefficient (Wildman–Crippen LogP) is 5.72. The van der Waals surface area contributed by atoms with Crippen molar-refractivity contribution in [2.75, 3.05) is 10.6 Å². The highest BCUT2D eigenvalue weighted by molar-refractivity contribution is 9.11. The second kappa shape index (κ2) is 8.29. The predicted molar refractivity (Wildman–Crippen MR) is 111 cm³/mol. The summed E-state index contributed by atoms with van der Waals surface area (Å²) < 4.78 is 1.33. The minimum atomic E-state index is -0.318. The van der Waals surface area contributed by atoms with Gasteiger partial charge in [-0.15, -0.1) is 0 Å². The molecule has 0 radical (unpaired) electrons. The standard InChI is InChI=1S/C20H14Br2N2O2/c21-14-11-16(20(26)23-15-9-5-2-6-10-15)18(17(22)12-14)24-19(25)13-7-3-1-4-8-13/h1-12H,(H,23,26)(H,24,25). The van der Waals surface area contributed by atoms with Crippen LogP contribution in [0.3, 0.4) is 0 Å². The zero-order valence-corrected chi connectivity index (χ0v) is 16.7. The van der Waals surface area contributed by atoms with Crippen molar-refractivity contribution in [1.82, 2.24) is 0 Å². The summed E-state index contributed by atoms with van der Waals surface area (Å²) in [6.07, 6.45) is 0. The molecule has 0 aliphatic heterocycles. The van der Waals surface area contributed by atoms with Crippen molar-refractivity contribution < 1.29 is 9.59 Å². The average Bonchev–Trinajstić information content (AvgIpc) is 2.65. The van der Waals surface area contributed by atoms with Crippen LogP contribution in [0.5, 0.6) is 0 Å². The second-order valence-corrected chi connectivity index (χ2v) is 7.22. The van der Waals surface area contributed by atoms with Crippen LogP contribution in [0.15, 0.2) is 81.7 Å². The van der Waals surface area contributed by atoms with Crippen LogP contribution in [-0.2, 0) is 0 Å². The summed E-state index contributed by atoms with van der Waals surface area (Å²) >= 11 is 6.82. The Bertz CT molecular complexity index is 945. The van der Waals surface area contributed by atoms with Gasteiger partial charge in [0.25, 0.3) is 11.8 Å². The lowest BCUT2D eigenvalue weighted by molar-refractivity contribution is 0.102. The van der Waals surface area contributed by atoms with Crippen LogP contribution in [0.1, 0.15) is 20.7 Å². The molecule has 0 fully saturated rings. The van der Waals surface area contributed by atoms with E-state index >= 15 is 0 Å².